The smallest absolute Gasteiger partial charge is 0.319 e. The number of hydrogen-bond donors (Lipinski definition) is 3. The van der Waals surface area contributed by atoms with E-state index in [9.17, 15) is 4.79 Å². The molecule has 0 radical (unpaired) electrons. The molecule has 0 aliphatic rings. The number of nitrogens with one attached hydrogen (secondary N) is 3. The zero-order valence-electron chi connectivity index (χ0n) is 17.2. The van der Waals surface area contributed by atoms with E-state index < -0.39 is 0 Å². The van der Waals surface area contributed by atoms with Crippen LogP contribution in [-0.2, 0) is 6.54 Å². The topological polar surface area (TPSA) is 53.2 Å². The summed E-state index contributed by atoms with van der Waals surface area (Å²) in [4.78, 5) is 13.3. The fourth-order valence-electron chi connectivity index (χ4n) is 3.11. The molecule has 4 aromatic rings. The molecule has 0 aliphatic heterocycles. The zero-order chi connectivity index (χ0) is 22.2. The average molecular weight is 460 g/mol. The summed E-state index contributed by atoms with van der Waals surface area (Å²) in [5.41, 5.74) is 5.02. The second kappa shape index (κ2) is 10.8. The summed E-state index contributed by atoms with van der Waals surface area (Å²) < 4.78 is 3.38. The highest BCUT2D eigenvalue weighted by atomic mass is 35.5. The number of hydrogen-bond acceptors (Lipinski definition) is 3. The van der Waals surface area contributed by atoms with Gasteiger partial charge in [-0.15, -0.1) is 0 Å². The minimum absolute atomic E-state index is 0.258. The number of halogens is 1. The third kappa shape index (κ3) is 6.06. The Morgan fingerprint density at radius 3 is 2.16 bits per heavy atom. The molecule has 6 heteroatoms. The molecular formula is C26H22ClN3OS. The number of amides is 2. The van der Waals surface area contributed by atoms with Crippen molar-refractivity contribution in [2.45, 2.75) is 11.4 Å². The van der Waals surface area contributed by atoms with Gasteiger partial charge in [-0.25, -0.2) is 4.79 Å². The second-order valence-corrected chi connectivity index (χ2v) is 8.36. The van der Waals surface area contributed by atoms with Crippen molar-refractivity contribution in [3.05, 3.63) is 114 Å². The summed E-state index contributed by atoms with van der Waals surface area (Å²) in [6.07, 6.45) is 0. The molecule has 0 spiro atoms. The van der Waals surface area contributed by atoms with Crippen LogP contribution in [0.3, 0.4) is 0 Å². The van der Waals surface area contributed by atoms with E-state index in [1.54, 1.807) is 24.1 Å². The molecule has 0 bridgehead atoms. The first-order valence-corrected chi connectivity index (χ1v) is 11.3. The number of carbonyl (C=O) groups excluding carboxylic acids is 1. The average Bonchev–Trinajstić information content (AvgIpc) is 2.84. The van der Waals surface area contributed by atoms with Gasteiger partial charge in [-0.05, 0) is 71.1 Å². The minimum Gasteiger partial charge on any atom is -0.334 e. The van der Waals surface area contributed by atoms with Gasteiger partial charge >= 0.3 is 6.03 Å². The highest BCUT2D eigenvalue weighted by molar-refractivity contribution is 8.00. The van der Waals surface area contributed by atoms with Crippen molar-refractivity contribution in [1.82, 2.24) is 5.32 Å². The zero-order valence-corrected chi connectivity index (χ0v) is 18.8. The predicted molar refractivity (Wildman–Crippen MR) is 135 cm³/mol. The Hall–Kier alpha value is -3.41. The molecule has 0 heterocycles. The first-order valence-electron chi connectivity index (χ1n) is 10.1. The van der Waals surface area contributed by atoms with E-state index in [0.29, 0.717) is 11.6 Å². The summed E-state index contributed by atoms with van der Waals surface area (Å²) in [6, 6.07) is 33.4. The fraction of sp³-hybridized carbons (Fsp3) is 0.0385. The van der Waals surface area contributed by atoms with Crippen LogP contribution in [0.5, 0.6) is 0 Å². The molecule has 3 N–H and O–H groups in total. The lowest BCUT2D eigenvalue weighted by molar-refractivity contribution is 0.251. The summed E-state index contributed by atoms with van der Waals surface area (Å²) >= 11 is 7.44. The third-order valence-electron chi connectivity index (χ3n) is 4.76. The number of anilines is 2. The highest BCUT2D eigenvalue weighted by Gasteiger charge is 2.06. The van der Waals surface area contributed by atoms with Gasteiger partial charge in [0.05, 0.1) is 0 Å². The lowest BCUT2D eigenvalue weighted by Crippen LogP contribution is -2.28. The number of carbonyl (C=O) groups is 1. The lowest BCUT2D eigenvalue weighted by Gasteiger charge is -2.12. The van der Waals surface area contributed by atoms with Crippen LogP contribution < -0.4 is 15.4 Å². The van der Waals surface area contributed by atoms with Crippen molar-refractivity contribution in [3.8, 4) is 11.1 Å². The van der Waals surface area contributed by atoms with Gasteiger partial charge in [-0.1, -0.05) is 72.3 Å². The maximum absolute atomic E-state index is 12.2. The van der Waals surface area contributed by atoms with Crippen LogP contribution in [0.2, 0.25) is 5.02 Å². The van der Waals surface area contributed by atoms with E-state index in [4.69, 9.17) is 11.6 Å². The molecule has 160 valence electrons. The fourth-order valence-corrected chi connectivity index (χ4v) is 4.04. The van der Waals surface area contributed by atoms with Gasteiger partial charge in [0.15, 0.2) is 0 Å². The molecule has 2 amide bonds. The maximum atomic E-state index is 12.2. The monoisotopic (exact) mass is 459 g/mol. The van der Waals surface area contributed by atoms with E-state index in [1.807, 2.05) is 66.7 Å². The normalized spacial score (nSPS) is 10.4. The molecule has 0 unspecified atom stereocenters. The Morgan fingerprint density at radius 1 is 0.750 bits per heavy atom. The molecule has 0 atom stereocenters. The molecule has 4 rings (SSSR count). The van der Waals surface area contributed by atoms with Crippen LogP contribution in [0.4, 0.5) is 16.2 Å². The van der Waals surface area contributed by atoms with Crippen LogP contribution in [-0.4, -0.2) is 6.03 Å². The van der Waals surface area contributed by atoms with Crippen molar-refractivity contribution in [2.24, 2.45) is 0 Å². The molecule has 0 saturated heterocycles. The van der Waals surface area contributed by atoms with Gasteiger partial charge in [0.2, 0.25) is 0 Å². The number of benzene rings is 4. The number of urea groups is 1. The third-order valence-corrected chi connectivity index (χ3v) is 5.93. The summed E-state index contributed by atoms with van der Waals surface area (Å²) in [6.45, 7) is 0.431. The maximum Gasteiger partial charge on any atom is 0.319 e. The van der Waals surface area contributed by atoms with E-state index in [1.165, 1.54) is 11.1 Å². The number of rotatable bonds is 7. The van der Waals surface area contributed by atoms with Crippen LogP contribution in [0.15, 0.2) is 108 Å². The van der Waals surface area contributed by atoms with Gasteiger partial charge in [0, 0.05) is 27.8 Å². The summed E-state index contributed by atoms with van der Waals surface area (Å²) in [5.74, 6) is 0. The molecule has 32 heavy (non-hydrogen) atoms. The Balaban J connectivity index is 1.31. The van der Waals surface area contributed by atoms with E-state index >= 15 is 0 Å². The SMILES string of the molecule is O=C(NCc1ccc(Cl)cc1)Nc1ccc(NSc2ccccc2-c2ccccc2)cc1. The first-order chi connectivity index (χ1) is 15.7. The predicted octanol–water partition coefficient (Wildman–Crippen LogP) is 7.45. The largest absolute Gasteiger partial charge is 0.334 e. The second-order valence-electron chi connectivity index (χ2n) is 7.08. The lowest BCUT2D eigenvalue weighted by atomic mass is 10.1. The van der Waals surface area contributed by atoms with Gasteiger partial charge < -0.3 is 15.4 Å². The summed E-state index contributed by atoms with van der Waals surface area (Å²) in [5, 5.41) is 6.36. The van der Waals surface area contributed by atoms with Crippen LogP contribution in [0.25, 0.3) is 11.1 Å². The van der Waals surface area contributed by atoms with Crippen molar-refractivity contribution in [3.63, 3.8) is 0 Å². The molecule has 0 saturated carbocycles. The molecule has 4 nitrogen and oxygen atoms in total. The van der Waals surface area contributed by atoms with Crippen LogP contribution >= 0.6 is 23.5 Å². The van der Waals surface area contributed by atoms with Crippen molar-refractivity contribution >= 4 is 41.0 Å². The quantitative estimate of drug-likeness (QED) is 0.251. The van der Waals surface area contributed by atoms with Gasteiger partial charge in [-0.3, -0.25) is 0 Å². The van der Waals surface area contributed by atoms with E-state index in [0.717, 1.165) is 21.8 Å². The molecule has 0 fully saturated rings. The van der Waals surface area contributed by atoms with Crippen LogP contribution in [0, 0.1) is 0 Å². The van der Waals surface area contributed by atoms with E-state index in [-0.39, 0.29) is 6.03 Å². The van der Waals surface area contributed by atoms with Crippen molar-refractivity contribution < 1.29 is 4.79 Å². The van der Waals surface area contributed by atoms with Gasteiger partial charge in [0.25, 0.3) is 0 Å². The standard InChI is InChI=1S/C26H22ClN3OS/c27-21-12-10-19(11-13-21)18-28-26(31)29-22-14-16-23(17-15-22)30-32-25-9-5-4-8-24(25)20-6-2-1-3-7-20/h1-17,30H,18H2,(H2,28,29,31). The van der Waals surface area contributed by atoms with Crippen molar-refractivity contribution in [1.29, 1.82) is 0 Å². The summed E-state index contributed by atoms with van der Waals surface area (Å²) in [7, 11) is 0. The van der Waals surface area contributed by atoms with Gasteiger partial charge in [-0.2, -0.15) is 0 Å². The Bertz CT molecular complexity index is 1170. The molecular weight excluding hydrogens is 438 g/mol. The van der Waals surface area contributed by atoms with Crippen LogP contribution in [0.1, 0.15) is 5.56 Å². The molecule has 0 aromatic heterocycles. The first kappa shape index (κ1) is 21.8. The van der Waals surface area contributed by atoms with Gasteiger partial charge in [0.1, 0.15) is 0 Å². The Morgan fingerprint density at radius 2 is 1.41 bits per heavy atom. The highest BCUT2D eigenvalue weighted by Crippen LogP contribution is 2.32. The minimum atomic E-state index is -0.258. The Labute approximate surface area is 197 Å². The Kier molecular flexibility index (Phi) is 7.33. The van der Waals surface area contributed by atoms with Crippen molar-refractivity contribution in [2.75, 3.05) is 10.0 Å². The molecule has 0 aliphatic carbocycles. The molecule has 4 aromatic carbocycles. The van der Waals surface area contributed by atoms with E-state index in [2.05, 4.69) is 39.6 Å².